The van der Waals surface area contributed by atoms with Crippen molar-refractivity contribution < 1.29 is 28.8 Å². The van der Waals surface area contributed by atoms with Crippen LogP contribution in [0.4, 0.5) is 4.79 Å². The average molecular weight is 469 g/mol. The van der Waals surface area contributed by atoms with Crippen molar-refractivity contribution in [1.82, 2.24) is 5.32 Å². The molecule has 0 aliphatic heterocycles. The predicted molar refractivity (Wildman–Crippen MR) is 130 cm³/mol. The summed E-state index contributed by atoms with van der Waals surface area (Å²) in [5.74, 6) is 1.87. The molecule has 33 heavy (non-hydrogen) atoms. The number of benzene rings is 1. The smallest absolute Gasteiger partial charge is 0.407 e. The highest BCUT2D eigenvalue weighted by molar-refractivity contribution is 5.68. The maximum Gasteiger partial charge on any atom is 0.407 e. The second kappa shape index (κ2) is 14.3. The van der Waals surface area contributed by atoms with Crippen molar-refractivity contribution in [1.29, 1.82) is 0 Å². The number of amides is 1. The molecule has 190 valence electrons. The van der Waals surface area contributed by atoms with Gasteiger partial charge in [0.15, 0.2) is 11.5 Å². The molecule has 8 nitrogen and oxygen atoms in total. The Morgan fingerprint density at radius 1 is 1.15 bits per heavy atom. The number of methoxy groups -OCH3 is 2. The Bertz CT molecular complexity index is 705. The zero-order valence-corrected chi connectivity index (χ0v) is 21.3. The van der Waals surface area contributed by atoms with Crippen LogP contribution in [0.5, 0.6) is 11.5 Å². The number of ether oxygens (including phenoxy) is 4. The van der Waals surface area contributed by atoms with Crippen LogP contribution in [0.2, 0.25) is 0 Å². The Kier molecular flexibility index (Phi) is 12.5. The van der Waals surface area contributed by atoms with Gasteiger partial charge in [-0.05, 0) is 63.1 Å². The summed E-state index contributed by atoms with van der Waals surface area (Å²) in [6.45, 7) is 10.9. The van der Waals surface area contributed by atoms with E-state index in [1.165, 1.54) is 0 Å². The number of nitrogens with two attached hydrogens (primary N) is 1. The largest absolute Gasteiger partial charge is 0.493 e. The minimum absolute atomic E-state index is 0.0489. The Morgan fingerprint density at radius 2 is 1.85 bits per heavy atom. The number of aliphatic hydroxyl groups excluding tert-OH is 1. The first-order chi connectivity index (χ1) is 15.5. The van der Waals surface area contributed by atoms with Gasteiger partial charge < -0.3 is 35.1 Å². The Balaban J connectivity index is 2.96. The number of rotatable bonds is 14. The number of hydrogen-bond donors (Lipinski definition) is 3. The van der Waals surface area contributed by atoms with E-state index in [1.54, 1.807) is 35.0 Å². The van der Waals surface area contributed by atoms with Crippen LogP contribution in [0.1, 0.15) is 53.0 Å². The SMILES string of the molecule is COCCCOc1cc(CC(C[C@H](NC(=O)OC(C)(C)C)C(O)CN)C(C)C)ccc1OC. The fourth-order valence-corrected chi connectivity index (χ4v) is 3.50. The minimum atomic E-state index is -0.866. The molecule has 0 fully saturated rings. The Labute approximate surface area is 199 Å². The highest BCUT2D eigenvalue weighted by atomic mass is 16.6. The van der Waals surface area contributed by atoms with Gasteiger partial charge in [0.25, 0.3) is 0 Å². The van der Waals surface area contributed by atoms with Gasteiger partial charge in [0.1, 0.15) is 5.60 Å². The highest BCUT2D eigenvalue weighted by Crippen LogP contribution is 2.31. The summed E-state index contributed by atoms with van der Waals surface area (Å²) in [6.07, 6.45) is 0.673. The molecule has 0 radical (unpaired) electrons. The summed E-state index contributed by atoms with van der Waals surface area (Å²) in [6, 6.07) is 5.41. The number of hydrogen-bond acceptors (Lipinski definition) is 7. The molecule has 1 aromatic rings. The van der Waals surface area contributed by atoms with Crippen molar-refractivity contribution in [2.45, 2.75) is 71.6 Å². The third-order valence-electron chi connectivity index (χ3n) is 5.38. The van der Waals surface area contributed by atoms with Gasteiger partial charge in [-0.15, -0.1) is 0 Å². The normalized spacial score (nSPS) is 14.5. The average Bonchev–Trinajstić information content (AvgIpc) is 2.73. The first-order valence-corrected chi connectivity index (χ1v) is 11.7. The van der Waals surface area contributed by atoms with Gasteiger partial charge in [-0.3, -0.25) is 0 Å². The van der Waals surface area contributed by atoms with Gasteiger partial charge in [-0.25, -0.2) is 4.79 Å². The lowest BCUT2D eigenvalue weighted by atomic mass is 9.83. The van der Waals surface area contributed by atoms with Gasteiger partial charge in [0.2, 0.25) is 0 Å². The van der Waals surface area contributed by atoms with Crippen LogP contribution in [-0.2, 0) is 15.9 Å². The molecule has 8 heteroatoms. The third kappa shape index (κ3) is 11.1. The molecule has 0 aliphatic carbocycles. The van der Waals surface area contributed by atoms with Crippen molar-refractivity contribution in [2.24, 2.45) is 17.6 Å². The van der Waals surface area contributed by atoms with Crippen LogP contribution in [-0.4, -0.2) is 62.9 Å². The standard InChI is InChI=1S/C25H44N2O6/c1-17(2)19(15-20(21(28)16-26)27-24(29)33-25(3,4)5)13-18-9-10-22(31-7)23(14-18)32-12-8-11-30-6/h9-10,14,17,19-21,28H,8,11-13,15-16,26H2,1-7H3,(H,27,29)/t19?,20-,21?/m0/s1. The molecule has 0 spiro atoms. The van der Waals surface area contributed by atoms with Crippen molar-refractivity contribution in [3.63, 3.8) is 0 Å². The van der Waals surface area contributed by atoms with Crippen LogP contribution < -0.4 is 20.5 Å². The van der Waals surface area contributed by atoms with Crippen molar-refractivity contribution in [2.75, 3.05) is 34.0 Å². The fraction of sp³-hybridized carbons (Fsp3) is 0.720. The summed E-state index contributed by atoms with van der Waals surface area (Å²) in [5, 5.41) is 13.3. The maximum atomic E-state index is 12.3. The van der Waals surface area contributed by atoms with E-state index >= 15 is 0 Å². The number of nitrogens with one attached hydrogen (secondary N) is 1. The topological polar surface area (TPSA) is 112 Å². The molecule has 3 atom stereocenters. The van der Waals surface area contributed by atoms with Gasteiger partial charge in [-0.2, -0.15) is 0 Å². The van der Waals surface area contributed by atoms with Crippen LogP contribution in [0.15, 0.2) is 18.2 Å². The Hall–Kier alpha value is -2.03. The van der Waals surface area contributed by atoms with Gasteiger partial charge in [0, 0.05) is 26.7 Å². The molecule has 0 aliphatic rings. The van der Waals surface area contributed by atoms with E-state index in [0.29, 0.717) is 37.1 Å². The summed E-state index contributed by atoms with van der Waals surface area (Å²) in [7, 11) is 3.29. The molecule has 0 saturated heterocycles. The molecule has 0 aromatic heterocycles. The van der Waals surface area contributed by atoms with Crippen molar-refractivity contribution >= 4 is 6.09 Å². The summed E-state index contributed by atoms with van der Waals surface area (Å²) < 4.78 is 21.8. The first-order valence-electron chi connectivity index (χ1n) is 11.7. The first kappa shape index (κ1) is 29.0. The number of carbonyl (C=O) groups is 1. The highest BCUT2D eigenvalue weighted by Gasteiger charge is 2.28. The molecule has 0 saturated carbocycles. The van der Waals surface area contributed by atoms with Gasteiger partial charge >= 0.3 is 6.09 Å². The lowest BCUT2D eigenvalue weighted by molar-refractivity contribution is 0.0400. The predicted octanol–water partition coefficient (Wildman–Crippen LogP) is 3.53. The summed E-state index contributed by atoms with van der Waals surface area (Å²) in [5.41, 5.74) is 6.19. The number of aliphatic hydroxyl groups is 1. The molecule has 2 unspecified atom stereocenters. The molecule has 4 N–H and O–H groups in total. The van der Waals surface area contributed by atoms with E-state index < -0.39 is 23.8 Å². The molecular weight excluding hydrogens is 424 g/mol. The van der Waals surface area contributed by atoms with Crippen LogP contribution in [0.3, 0.4) is 0 Å². The zero-order chi connectivity index (χ0) is 25.0. The van der Waals surface area contributed by atoms with E-state index in [0.717, 1.165) is 18.4 Å². The molecular formula is C25H44N2O6. The van der Waals surface area contributed by atoms with Crippen molar-refractivity contribution in [3.05, 3.63) is 23.8 Å². The van der Waals surface area contributed by atoms with Crippen molar-refractivity contribution in [3.8, 4) is 11.5 Å². The molecule has 1 amide bonds. The second-order valence-corrected chi connectivity index (χ2v) is 9.68. The lowest BCUT2D eigenvalue weighted by Crippen LogP contribution is -2.49. The number of alkyl carbamates (subject to hydrolysis) is 1. The third-order valence-corrected chi connectivity index (χ3v) is 5.38. The maximum absolute atomic E-state index is 12.3. The monoisotopic (exact) mass is 468 g/mol. The Morgan fingerprint density at radius 3 is 2.39 bits per heavy atom. The fourth-order valence-electron chi connectivity index (χ4n) is 3.50. The summed E-state index contributed by atoms with van der Waals surface area (Å²) >= 11 is 0. The zero-order valence-electron chi connectivity index (χ0n) is 21.3. The molecule has 1 rings (SSSR count). The van der Waals surface area contributed by atoms with Gasteiger partial charge in [-0.1, -0.05) is 19.9 Å². The minimum Gasteiger partial charge on any atom is -0.493 e. The van der Waals surface area contributed by atoms with E-state index in [9.17, 15) is 9.90 Å². The number of carbonyl (C=O) groups excluding carboxylic acids is 1. The van der Waals surface area contributed by atoms with E-state index in [4.69, 9.17) is 24.7 Å². The molecule has 1 aromatic carbocycles. The lowest BCUT2D eigenvalue weighted by Gasteiger charge is -2.31. The quantitative estimate of drug-likeness (QED) is 0.358. The van der Waals surface area contributed by atoms with E-state index in [2.05, 4.69) is 19.2 Å². The molecule has 0 bridgehead atoms. The second-order valence-electron chi connectivity index (χ2n) is 9.68. The van der Waals surface area contributed by atoms with Crippen LogP contribution >= 0.6 is 0 Å². The molecule has 0 heterocycles. The van der Waals surface area contributed by atoms with Crippen LogP contribution in [0.25, 0.3) is 0 Å². The van der Waals surface area contributed by atoms with E-state index in [1.807, 2.05) is 18.2 Å². The van der Waals surface area contributed by atoms with Crippen LogP contribution in [0, 0.1) is 11.8 Å². The summed E-state index contributed by atoms with van der Waals surface area (Å²) in [4.78, 5) is 12.3. The van der Waals surface area contributed by atoms with Gasteiger partial charge in [0.05, 0.1) is 25.9 Å². The van der Waals surface area contributed by atoms with E-state index in [-0.39, 0.29) is 12.5 Å².